The summed E-state index contributed by atoms with van der Waals surface area (Å²) >= 11 is 0. The molecule has 2 aliphatic heterocycles. The molecule has 3 heterocycles. The van der Waals surface area contributed by atoms with Crippen molar-refractivity contribution >= 4 is 23.3 Å². The normalized spacial score (nSPS) is 16.9. The highest BCUT2D eigenvalue weighted by Gasteiger charge is 2.28. The third kappa shape index (κ3) is 5.17. The van der Waals surface area contributed by atoms with Crippen molar-refractivity contribution in [2.45, 2.75) is 31.7 Å². The number of benzene rings is 2. The molecule has 2 amide bonds. The standard InChI is InChI=1S/C27H30N6O2.3H2/c28-25-24(26(34)30-21-6-2-1-3-7-21)31-23(18-29-25)19-8-10-20(11-9-19)27(35)33-16-12-22(13-17-33)32-14-4-5-15-32;;;/h1-3,6-11,18,22H,4-5,12-17H2,(H2,28,29)(H,30,34);3*1H. The number of amides is 2. The van der Waals surface area contributed by atoms with Crippen LogP contribution in [0.25, 0.3) is 11.3 Å². The van der Waals surface area contributed by atoms with Crippen LogP contribution in [-0.2, 0) is 0 Å². The summed E-state index contributed by atoms with van der Waals surface area (Å²) in [4.78, 5) is 38.9. The average molecular weight is 477 g/mol. The molecule has 2 aromatic carbocycles. The van der Waals surface area contributed by atoms with Crippen LogP contribution in [0.4, 0.5) is 11.5 Å². The van der Waals surface area contributed by atoms with Gasteiger partial charge in [0.2, 0.25) is 0 Å². The number of nitrogens with one attached hydrogen (secondary N) is 1. The van der Waals surface area contributed by atoms with Crippen molar-refractivity contribution < 1.29 is 13.9 Å². The lowest BCUT2D eigenvalue weighted by Gasteiger charge is -2.36. The largest absolute Gasteiger partial charge is 0.382 e. The van der Waals surface area contributed by atoms with Crippen molar-refractivity contribution in [2.24, 2.45) is 0 Å². The summed E-state index contributed by atoms with van der Waals surface area (Å²) in [6, 6.07) is 17.0. The maximum atomic E-state index is 13.1. The van der Waals surface area contributed by atoms with E-state index in [0.717, 1.165) is 31.5 Å². The fraction of sp³-hybridized carbons (Fsp3) is 0.333. The van der Waals surface area contributed by atoms with E-state index in [1.165, 1.54) is 32.1 Å². The number of carbonyl (C=O) groups excluding carboxylic acids is 2. The van der Waals surface area contributed by atoms with Gasteiger partial charge in [0, 0.05) is 40.2 Å². The number of piperidine rings is 1. The van der Waals surface area contributed by atoms with Crippen LogP contribution in [0.1, 0.15) is 50.8 Å². The highest BCUT2D eigenvalue weighted by Crippen LogP contribution is 2.24. The number of nitrogens with zero attached hydrogens (tertiary/aromatic N) is 4. The van der Waals surface area contributed by atoms with Gasteiger partial charge in [-0.05, 0) is 63.0 Å². The number of hydrogen-bond donors (Lipinski definition) is 2. The molecule has 8 heteroatoms. The van der Waals surface area contributed by atoms with Gasteiger partial charge in [-0.1, -0.05) is 30.3 Å². The first-order valence-electron chi connectivity index (χ1n) is 12.2. The average Bonchev–Trinajstić information content (AvgIpc) is 3.44. The monoisotopic (exact) mass is 476 g/mol. The second-order valence-corrected chi connectivity index (χ2v) is 9.15. The Kier molecular flexibility index (Phi) is 6.72. The maximum Gasteiger partial charge on any atom is 0.278 e. The molecular formula is C27H36N6O2. The van der Waals surface area contributed by atoms with E-state index < -0.39 is 5.91 Å². The zero-order chi connectivity index (χ0) is 24.2. The van der Waals surface area contributed by atoms with Crippen molar-refractivity contribution in [1.29, 1.82) is 0 Å². The van der Waals surface area contributed by atoms with Gasteiger partial charge in [-0.25, -0.2) is 9.97 Å². The summed E-state index contributed by atoms with van der Waals surface area (Å²) < 4.78 is 0. The number of para-hydroxylation sites is 1. The number of nitrogen functional groups attached to an aromatic ring is 1. The molecule has 0 unspecified atom stereocenters. The highest BCUT2D eigenvalue weighted by atomic mass is 16.2. The van der Waals surface area contributed by atoms with Crippen molar-refractivity contribution in [3.63, 3.8) is 0 Å². The van der Waals surface area contributed by atoms with Crippen LogP contribution in [0, 0.1) is 0 Å². The van der Waals surface area contributed by atoms with Crippen LogP contribution in [-0.4, -0.2) is 63.8 Å². The number of aromatic nitrogens is 2. The fourth-order valence-corrected chi connectivity index (χ4v) is 4.92. The van der Waals surface area contributed by atoms with E-state index in [1.807, 2.05) is 47.4 Å². The fourth-order valence-electron chi connectivity index (χ4n) is 4.92. The minimum atomic E-state index is -0.424. The Balaban J connectivity index is 0.00000169. The Labute approximate surface area is 209 Å². The highest BCUT2D eigenvalue weighted by molar-refractivity contribution is 6.06. The van der Waals surface area contributed by atoms with Crippen molar-refractivity contribution in [1.82, 2.24) is 19.8 Å². The summed E-state index contributed by atoms with van der Waals surface area (Å²) in [5, 5.41) is 2.78. The number of carbonyl (C=O) groups is 2. The van der Waals surface area contributed by atoms with Gasteiger partial charge in [-0.3, -0.25) is 9.59 Å². The van der Waals surface area contributed by atoms with Crippen LogP contribution in [0.3, 0.4) is 0 Å². The third-order valence-corrected chi connectivity index (χ3v) is 6.88. The number of hydrogen-bond acceptors (Lipinski definition) is 6. The van der Waals surface area contributed by atoms with E-state index in [9.17, 15) is 9.59 Å². The Morgan fingerprint density at radius 3 is 2.31 bits per heavy atom. The molecule has 2 fully saturated rings. The molecule has 2 aliphatic rings. The van der Waals surface area contributed by atoms with Crippen LogP contribution in [0.15, 0.2) is 60.8 Å². The number of likely N-dealkylation sites (tertiary alicyclic amines) is 2. The molecule has 0 bridgehead atoms. The van der Waals surface area contributed by atoms with Gasteiger partial charge in [-0.2, -0.15) is 0 Å². The molecule has 2 saturated heterocycles. The van der Waals surface area contributed by atoms with Gasteiger partial charge in [0.15, 0.2) is 11.5 Å². The number of anilines is 2. The number of nitrogens with two attached hydrogens (primary N) is 1. The molecular weight excluding hydrogens is 440 g/mol. The summed E-state index contributed by atoms with van der Waals surface area (Å²) in [7, 11) is 0. The van der Waals surface area contributed by atoms with Crippen LogP contribution in [0.2, 0.25) is 0 Å². The van der Waals surface area contributed by atoms with Crippen molar-refractivity contribution in [2.75, 3.05) is 37.2 Å². The molecule has 0 aliphatic carbocycles. The topological polar surface area (TPSA) is 104 Å². The maximum absolute atomic E-state index is 13.1. The Morgan fingerprint density at radius 2 is 1.63 bits per heavy atom. The number of rotatable bonds is 5. The first kappa shape index (κ1) is 23.0. The van der Waals surface area contributed by atoms with Gasteiger partial charge >= 0.3 is 0 Å². The lowest BCUT2D eigenvalue weighted by atomic mass is 10.0. The summed E-state index contributed by atoms with van der Waals surface area (Å²) in [6.45, 7) is 3.99. The van der Waals surface area contributed by atoms with Gasteiger partial charge in [0.1, 0.15) is 0 Å². The van der Waals surface area contributed by atoms with Crippen LogP contribution >= 0.6 is 0 Å². The molecule has 5 rings (SSSR count). The molecule has 1 aromatic heterocycles. The second kappa shape index (κ2) is 10.2. The Hall–Kier alpha value is -3.78. The molecule has 0 radical (unpaired) electrons. The first-order valence-corrected chi connectivity index (χ1v) is 12.2. The summed E-state index contributed by atoms with van der Waals surface area (Å²) in [5.41, 5.74) is 8.57. The molecule has 0 atom stereocenters. The molecule has 3 aromatic rings. The zero-order valence-corrected chi connectivity index (χ0v) is 19.7. The Morgan fingerprint density at radius 1 is 0.943 bits per heavy atom. The van der Waals surface area contributed by atoms with Crippen LogP contribution < -0.4 is 11.1 Å². The van der Waals surface area contributed by atoms with E-state index in [2.05, 4.69) is 20.2 Å². The molecule has 0 saturated carbocycles. The second-order valence-electron chi connectivity index (χ2n) is 9.15. The zero-order valence-electron chi connectivity index (χ0n) is 19.7. The van der Waals surface area contributed by atoms with Crippen LogP contribution in [0.5, 0.6) is 0 Å². The minimum absolute atomic E-state index is 0. The van der Waals surface area contributed by atoms with E-state index in [-0.39, 0.29) is 21.7 Å². The SMILES string of the molecule is Nc1ncc(-c2ccc(C(=O)N3CCC(N4CCCC4)CC3)cc2)nc1C(=O)Nc1ccccc1.[HH].[HH].[HH]. The third-order valence-electron chi connectivity index (χ3n) is 6.88. The minimum Gasteiger partial charge on any atom is -0.382 e. The van der Waals surface area contributed by atoms with E-state index in [1.54, 1.807) is 12.1 Å². The summed E-state index contributed by atoms with van der Waals surface area (Å²) in [5.74, 6) is -0.304. The van der Waals surface area contributed by atoms with Gasteiger partial charge < -0.3 is 20.9 Å². The molecule has 35 heavy (non-hydrogen) atoms. The lowest BCUT2D eigenvalue weighted by molar-refractivity contribution is 0.0644. The van der Waals surface area contributed by atoms with E-state index in [0.29, 0.717) is 23.0 Å². The van der Waals surface area contributed by atoms with E-state index >= 15 is 0 Å². The summed E-state index contributed by atoms with van der Waals surface area (Å²) in [6.07, 6.45) is 6.21. The van der Waals surface area contributed by atoms with E-state index in [4.69, 9.17) is 5.73 Å². The lowest BCUT2D eigenvalue weighted by Crippen LogP contribution is -2.45. The predicted molar refractivity (Wildman–Crippen MR) is 142 cm³/mol. The molecule has 3 N–H and O–H groups in total. The van der Waals surface area contributed by atoms with Gasteiger partial charge in [-0.15, -0.1) is 0 Å². The van der Waals surface area contributed by atoms with Gasteiger partial charge in [0.25, 0.3) is 11.8 Å². The molecule has 186 valence electrons. The predicted octanol–water partition coefficient (Wildman–Crippen LogP) is 4.42. The van der Waals surface area contributed by atoms with Crippen molar-refractivity contribution in [3.05, 3.63) is 72.1 Å². The molecule has 8 nitrogen and oxygen atoms in total. The van der Waals surface area contributed by atoms with Crippen molar-refractivity contribution in [3.8, 4) is 11.3 Å². The quantitative estimate of drug-likeness (QED) is 0.565. The Bertz CT molecular complexity index is 1200. The smallest absolute Gasteiger partial charge is 0.278 e. The van der Waals surface area contributed by atoms with Gasteiger partial charge in [0.05, 0.1) is 11.9 Å². The first-order chi connectivity index (χ1) is 17.1. The molecule has 0 spiro atoms.